The Balaban J connectivity index is 1.78. The zero-order chi connectivity index (χ0) is 18.0. The van der Waals surface area contributed by atoms with Crippen molar-refractivity contribution in [2.45, 2.75) is 33.1 Å². The molecule has 1 aliphatic rings. The highest BCUT2D eigenvalue weighted by molar-refractivity contribution is 7.92. The van der Waals surface area contributed by atoms with E-state index in [2.05, 4.69) is 15.5 Å². The Morgan fingerprint density at radius 2 is 2.12 bits per heavy atom. The standard InChI is InChI=1S/C16H20N4O4S/c1-11-5-6-13(18-16(21)10-15-17-12(2)24-19-15)9-14(11)20-7-3-4-8-25(20,22)23/h5-6,9H,3-4,7-8,10H2,1-2H3,(H,18,21). The van der Waals surface area contributed by atoms with Gasteiger partial charge in [0.2, 0.25) is 21.8 Å². The molecule has 0 atom stereocenters. The van der Waals surface area contributed by atoms with Crippen molar-refractivity contribution in [2.75, 3.05) is 21.9 Å². The summed E-state index contributed by atoms with van der Waals surface area (Å²) >= 11 is 0. The molecule has 3 rings (SSSR count). The zero-order valence-electron chi connectivity index (χ0n) is 14.2. The van der Waals surface area contributed by atoms with Crippen LogP contribution in [0, 0.1) is 13.8 Å². The first-order valence-corrected chi connectivity index (χ1v) is 9.66. The summed E-state index contributed by atoms with van der Waals surface area (Å²) in [5.74, 6) is 0.564. The van der Waals surface area contributed by atoms with Crippen molar-refractivity contribution in [2.24, 2.45) is 0 Å². The van der Waals surface area contributed by atoms with Crippen LogP contribution >= 0.6 is 0 Å². The molecule has 1 fully saturated rings. The van der Waals surface area contributed by atoms with E-state index in [4.69, 9.17) is 4.52 Å². The number of amides is 1. The first-order chi connectivity index (χ1) is 11.8. The van der Waals surface area contributed by atoms with E-state index < -0.39 is 10.0 Å². The molecule has 1 N–H and O–H groups in total. The summed E-state index contributed by atoms with van der Waals surface area (Å²) in [7, 11) is -3.30. The third kappa shape index (κ3) is 3.98. The van der Waals surface area contributed by atoms with Crippen LogP contribution < -0.4 is 9.62 Å². The second kappa shape index (κ2) is 6.83. The van der Waals surface area contributed by atoms with E-state index in [0.29, 0.717) is 36.1 Å². The predicted molar refractivity (Wildman–Crippen MR) is 92.9 cm³/mol. The van der Waals surface area contributed by atoms with Crippen molar-refractivity contribution in [3.8, 4) is 0 Å². The lowest BCUT2D eigenvalue weighted by molar-refractivity contribution is -0.115. The molecule has 9 heteroatoms. The van der Waals surface area contributed by atoms with Crippen molar-refractivity contribution in [1.29, 1.82) is 0 Å². The Bertz CT molecular complexity index is 891. The van der Waals surface area contributed by atoms with Crippen LogP contribution in [0.5, 0.6) is 0 Å². The number of sulfonamides is 1. The van der Waals surface area contributed by atoms with Gasteiger partial charge in [0.05, 0.1) is 17.9 Å². The van der Waals surface area contributed by atoms with Gasteiger partial charge in [-0.15, -0.1) is 0 Å². The molecule has 25 heavy (non-hydrogen) atoms. The molecule has 2 heterocycles. The summed E-state index contributed by atoms with van der Waals surface area (Å²) in [4.78, 5) is 16.1. The summed E-state index contributed by atoms with van der Waals surface area (Å²) in [5, 5.41) is 6.44. The van der Waals surface area contributed by atoms with Crippen molar-refractivity contribution in [3.63, 3.8) is 0 Å². The van der Waals surface area contributed by atoms with Crippen LogP contribution in [0.2, 0.25) is 0 Å². The number of aryl methyl sites for hydroxylation is 2. The number of nitrogens with one attached hydrogen (secondary N) is 1. The number of aromatic nitrogens is 2. The average molecular weight is 364 g/mol. The van der Waals surface area contributed by atoms with Gasteiger partial charge in [-0.2, -0.15) is 4.98 Å². The first-order valence-electron chi connectivity index (χ1n) is 8.05. The van der Waals surface area contributed by atoms with E-state index in [1.54, 1.807) is 25.1 Å². The molecule has 1 aromatic carbocycles. The molecular weight excluding hydrogens is 344 g/mol. The van der Waals surface area contributed by atoms with Gasteiger partial charge in [-0.05, 0) is 37.5 Å². The molecule has 134 valence electrons. The lowest BCUT2D eigenvalue weighted by Gasteiger charge is -2.29. The van der Waals surface area contributed by atoms with Gasteiger partial charge in [0.15, 0.2) is 5.82 Å². The van der Waals surface area contributed by atoms with Gasteiger partial charge in [0.25, 0.3) is 0 Å². The fourth-order valence-electron chi connectivity index (χ4n) is 2.78. The fraction of sp³-hybridized carbons (Fsp3) is 0.438. The molecule has 1 amide bonds. The number of benzene rings is 1. The lowest BCUT2D eigenvalue weighted by Crippen LogP contribution is -2.38. The molecule has 0 saturated carbocycles. The van der Waals surface area contributed by atoms with Crippen LogP contribution in [0.25, 0.3) is 0 Å². The average Bonchev–Trinajstić information content (AvgIpc) is 2.94. The van der Waals surface area contributed by atoms with E-state index in [0.717, 1.165) is 12.0 Å². The van der Waals surface area contributed by atoms with E-state index in [-0.39, 0.29) is 18.1 Å². The Labute approximate surface area is 146 Å². The maximum Gasteiger partial charge on any atom is 0.235 e. The van der Waals surface area contributed by atoms with Gasteiger partial charge in [-0.3, -0.25) is 9.10 Å². The molecule has 0 spiro atoms. The molecule has 1 aliphatic heterocycles. The minimum absolute atomic E-state index is 0.0113. The van der Waals surface area contributed by atoms with Crippen molar-refractivity contribution in [3.05, 3.63) is 35.5 Å². The van der Waals surface area contributed by atoms with Crippen LogP contribution in [0.4, 0.5) is 11.4 Å². The number of anilines is 2. The van der Waals surface area contributed by atoms with Gasteiger partial charge >= 0.3 is 0 Å². The monoisotopic (exact) mass is 364 g/mol. The number of carbonyl (C=O) groups is 1. The SMILES string of the molecule is Cc1nc(CC(=O)Nc2ccc(C)c(N3CCCCS3(=O)=O)c2)no1. The molecule has 0 aliphatic carbocycles. The van der Waals surface area contributed by atoms with Crippen LogP contribution in [0.3, 0.4) is 0 Å². The Morgan fingerprint density at radius 3 is 2.80 bits per heavy atom. The summed E-state index contributed by atoms with van der Waals surface area (Å²) in [6.07, 6.45) is 1.49. The topological polar surface area (TPSA) is 105 Å². The Kier molecular flexibility index (Phi) is 4.76. The maximum atomic E-state index is 12.3. The molecule has 0 bridgehead atoms. The zero-order valence-corrected chi connectivity index (χ0v) is 15.0. The number of hydrogen-bond acceptors (Lipinski definition) is 6. The van der Waals surface area contributed by atoms with Crippen molar-refractivity contribution in [1.82, 2.24) is 10.1 Å². The highest BCUT2D eigenvalue weighted by Gasteiger charge is 2.27. The number of carbonyl (C=O) groups excluding carboxylic acids is 1. The maximum absolute atomic E-state index is 12.3. The van der Waals surface area contributed by atoms with Gasteiger partial charge in [-0.1, -0.05) is 11.2 Å². The molecule has 1 aromatic heterocycles. The number of hydrogen-bond donors (Lipinski definition) is 1. The summed E-state index contributed by atoms with van der Waals surface area (Å²) in [6.45, 7) is 3.97. The largest absolute Gasteiger partial charge is 0.340 e. The highest BCUT2D eigenvalue weighted by atomic mass is 32.2. The molecule has 2 aromatic rings. The summed E-state index contributed by atoms with van der Waals surface area (Å²) in [5.41, 5.74) is 1.98. The van der Waals surface area contributed by atoms with Gasteiger partial charge in [-0.25, -0.2) is 8.42 Å². The van der Waals surface area contributed by atoms with Crippen LogP contribution in [-0.2, 0) is 21.2 Å². The van der Waals surface area contributed by atoms with E-state index in [9.17, 15) is 13.2 Å². The number of rotatable bonds is 4. The van der Waals surface area contributed by atoms with Gasteiger partial charge < -0.3 is 9.84 Å². The van der Waals surface area contributed by atoms with Crippen molar-refractivity contribution >= 4 is 27.3 Å². The van der Waals surface area contributed by atoms with E-state index in [1.807, 2.05) is 6.92 Å². The molecular formula is C16H20N4O4S. The third-order valence-electron chi connectivity index (χ3n) is 4.00. The van der Waals surface area contributed by atoms with Crippen molar-refractivity contribution < 1.29 is 17.7 Å². The molecule has 0 radical (unpaired) electrons. The minimum atomic E-state index is -3.30. The second-order valence-electron chi connectivity index (χ2n) is 6.05. The van der Waals surface area contributed by atoms with Crippen LogP contribution in [-0.4, -0.2) is 36.8 Å². The molecule has 0 unspecified atom stereocenters. The fourth-order valence-corrected chi connectivity index (χ4v) is 4.47. The van der Waals surface area contributed by atoms with Gasteiger partial charge in [0, 0.05) is 19.2 Å². The quantitative estimate of drug-likeness (QED) is 0.887. The smallest absolute Gasteiger partial charge is 0.235 e. The first kappa shape index (κ1) is 17.4. The Hall–Kier alpha value is -2.42. The van der Waals surface area contributed by atoms with E-state index in [1.165, 1.54) is 4.31 Å². The van der Waals surface area contributed by atoms with E-state index >= 15 is 0 Å². The minimum Gasteiger partial charge on any atom is -0.340 e. The Morgan fingerprint density at radius 1 is 1.32 bits per heavy atom. The predicted octanol–water partition coefficient (Wildman–Crippen LogP) is 1.80. The normalized spacial score (nSPS) is 16.6. The van der Waals surface area contributed by atoms with Gasteiger partial charge in [0.1, 0.15) is 0 Å². The summed E-state index contributed by atoms with van der Waals surface area (Å²) in [6, 6.07) is 5.24. The number of nitrogens with zero attached hydrogens (tertiary/aromatic N) is 3. The molecule has 8 nitrogen and oxygen atoms in total. The van der Waals surface area contributed by atoms with Crippen LogP contribution in [0.1, 0.15) is 30.1 Å². The summed E-state index contributed by atoms with van der Waals surface area (Å²) < 4.78 is 30.9. The molecule has 1 saturated heterocycles. The lowest BCUT2D eigenvalue weighted by atomic mass is 10.1. The second-order valence-corrected chi connectivity index (χ2v) is 8.06. The van der Waals surface area contributed by atoms with Crippen LogP contribution in [0.15, 0.2) is 22.7 Å². The highest BCUT2D eigenvalue weighted by Crippen LogP contribution is 2.29. The third-order valence-corrected chi connectivity index (χ3v) is 5.85.